The number of ether oxygens (including phenoxy) is 1. The van der Waals surface area contributed by atoms with E-state index in [9.17, 15) is 0 Å². The highest BCUT2D eigenvalue weighted by atomic mass is 16.5. The van der Waals surface area contributed by atoms with Crippen molar-refractivity contribution < 1.29 is 4.74 Å². The smallest absolute Gasteiger partial charge is 0.123 e. The van der Waals surface area contributed by atoms with Crippen molar-refractivity contribution in [3.05, 3.63) is 23.9 Å². The van der Waals surface area contributed by atoms with Crippen LogP contribution in [-0.2, 0) is 11.3 Å². The van der Waals surface area contributed by atoms with Gasteiger partial charge in [-0.1, -0.05) is 25.8 Å². The van der Waals surface area contributed by atoms with Crippen LogP contribution in [0.25, 0.3) is 0 Å². The molecule has 1 heterocycles. The van der Waals surface area contributed by atoms with Gasteiger partial charge in [0, 0.05) is 0 Å². The largest absolute Gasteiger partial charge is 0.384 e. The zero-order chi connectivity index (χ0) is 11.4. The van der Waals surface area contributed by atoms with Crippen LogP contribution in [0.15, 0.2) is 18.2 Å². The van der Waals surface area contributed by atoms with Crippen molar-refractivity contribution in [1.29, 1.82) is 0 Å². The lowest BCUT2D eigenvalue weighted by atomic mass is 9.88. The molecule has 2 unspecified atom stereocenters. The maximum absolute atomic E-state index is 5.92. The molecule has 0 bridgehead atoms. The summed E-state index contributed by atoms with van der Waals surface area (Å²) in [5.41, 5.74) is 6.56. The number of nitrogens with zero attached hydrogens (tertiary/aromatic N) is 1. The molecule has 2 rings (SSSR count). The summed E-state index contributed by atoms with van der Waals surface area (Å²) in [5, 5.41) is 0. The highest BCUT2D eigenvalue weighted by Crippen LogP contribution is 2.26. The molecule has 1 aliphatic carbocycles. The normalized spacial score (nSPS) is 25.6. The van der Waals surface area contributed by atoms with Crippen LogP contribution in [0.2, 0.25) is 0 Å². The number of nitrogen functional groups attached to an aromatic ring is 1. The monoisotopic (exact) mass is 220 g/mol. The zero-order valence-corrected chi connectivity index (χ0v) is 9.86. The average molecular weight is 220 g/mol. The lowest BCUT2D eigenvalue weighted by molar-refractivity contribution is -0.0167. The Morgan fingerprint density at radius 2 is 2.19 bits per heavy atom. The Morgan fingerprint density at radius 1 is 1.38 bits per heavy atom. The Balaban J connectivity index is 1.86. The lowest BCUT2D eigenvalue weighted by Gasteiger charge is -2.28. The van der Waals surface area contributed by atoms with Crippen molar-refractivity contribution in [3.63, 3.8) is 0 Å². The van der Waals surface area contributed by atoms with Gasteiger partial charge in [-0.3, -0.25) is 0 Å². The molecule has 0 saturated heterocycles. The number of anilines is 1. The van der Waals surface area contributed by atoms with E-state index in [0.29, 0.717) is 24.4 Å². The fourth-order valence-corrected chi connectivity index (χ4v) is 2.30. The Labute approximate surface area is 97.0 Å². The van der Waals surface area contributed by atoms with E-state index in [1.54, 1.807) is 6.07 Å². The van der Waals surface area contributed by atoms with Gasteiger partial charge in [-0.25, -0.2) is 4.98 Å². The molecule has 0 aromatic carbocycles. The van der Waals surface area contributed by atoms with E-state index >= 15 is 0 Å². The summed E-state index contributed by atoms with van der Waals surface area (Å²) >= 11 is 0. The standard InChI is InChI=1S/C13H20N2O/c1-10-5-2-3-7-12(10)16-9-11-6-4-8-13(14)15-11/h4,6,8,10,12H,2-3,5,7,9H2,1H3,(H2,14,15). The first kappa shape index (κ1) is 11.4. The molecule has 88 valence electrons. The summed E-state index contributed by atoms with van der Waals surface area (Å²) in [6, 6.07) is 5.68. The van der Waals surface area contributed by atoms with Crippen molar-refractivity contribution in [2.24, 2.45) is 5.92 Å². The number of rotatable bonds is 3. The molecular formula is C13H20N2O. The predicted octanol–water partition coefficient (Wildman–Crippen LogP) is 2.76. The van der Waals surface area contributed by atoms with Crippen molar-refractivity contribution in [3.8, 4) is 0 Å². The quantitative estimate of drug-likeness (QED) is 0.852. The van der Waals surface area contributed by atoms with Gasteiger partial charge in [0.1, 0.15) is 5.82 Å². The van der Waals surface area contributed by atoms with Crippen LogP contribution in [0.1, 0.15) is 38.3 Å². The second-order valence-electron chi connectivity index (χ2n) is 4.66. The van der Waals surface area contributed by atoms with Crippen molar-refractivity contribution in [2.75, 3.05) is 5.73 Å². The molecule has 2 atom stereocenters. The molecule has 0 spiro atoms. The average Bonchev–Trinajstić information content (AvgIpc) is 2.28. The third-order valence-electron chi connectivity index (χ3n) is 3.31. The van der Waals surface area contributed by atoms with Gasteiger partial charge in [-0.15, -0.1) is 0 Å². The summed E-state index contributed by atoms with van der Waals surface area (Å²) in [7, 11) is 0. The SMILES string of the molecule is CC1CCCCC1OCc1cccc(N)n1. The van der Waals surface area contributed by atoms with Crippen LogP contribution in [0.3, 0.4) is 0 Å². The minimum atomic E-state index is 0.400. The van der Waals surface area contributed by atoms with Gasteiger partial charge in [-0.2, -0.15) is 0 Å². The maximum Gasteiger partial charge on any atom is 0.123 e. The van der Waals surface area contributed by atoms with Crippen molar-refractivity contribution in [1.82, 2.24) is 4.98 Å². The van der Waals surface area contributed by atoms with Crippen LogP contribution in [0.4, 0.5) is 5.82 Å². The van der Waals surface area contributed by atoms with Gasteiger partial charge in [-0.05, 0) is 30.9 Å². The Morgan fingerprint density at radius 3 is 2.94 bits per heavy atom. The number of pyridine rings is 1. The molecule has 1 saturated carbocycles. The van der Waals surface area contributed by atoms with E-state index < -0.39 is 0 Å². The second kappa shape index (κ2) is 5.30. The first-order valence-corrected chi connectivity index (χ1v) is 6.09. The van der Waals surface area contributed by atoms with Crippen LogP contribution in [0.5, 0.6) is 0 Å². The number of nitrogens with two attached hydrogens (primary N) is 1. The minimum absolute atomic E-state index is 0.400. The highest BCUT2D eigenvalue weighted by Gasteiger charge is 2.21. The van der Waals surface area contributed by atoms with Crippen molar-refractivity contribution >= 4 is 5.82 Å². The van der Waals surface area contributed by atoms with Crippen LogP contribution >= 0.6 is 0 Å². The molecule has 1 fully saturated rings. The summed E-state index contributed by atoms with van der Waals surface area (Å²) < 4.78 is 5.92. The van der Waals surface area contributed by atoms with E-state index in [2.05, 4.69) is 11.9 Å². The molecule has 1 aromatic rings. The van der Waals surface area contributed by atoms with E-state index in [1.807, 2.05) is 12.1 Å². The van der Waals surface area contributed by atoms with E-state index in [0.717, 1.165) is 5.69 Å². The molecule has 16 heavy (non-hydrogen) atoms. The third kappa shape index (κ3) is 2.95. The van der Waals surface area contributed by atoms with Gasteiger partial charge < -0.3 is 10.5 Å². The molecule has 3 nitrogen and oxygen atoms in total. The Bertz CT molecular complexity index is 340. The first-order chi connectivity index (χ1) is 7.75. The van der Waals surface area contributed by atoms with Gasteiger partial charge in [0.15, 0.2) is 0 Å². The van der Waals surface area contributed by atoms with Gasteiger partial charge in [0.2, 0.25) is 0 Å². The summed E-state index contributed by atoms with van der Waals surface area (Å²) in [5.74, 6) is 1.24. The van der Waals surface area contributed by atoms with Gasteiger partial charge >= 0.3 is 0 Å². The molecular weight excluding hydrogens is 200 g/mol. The fraction of sp³-hybridized carbons (Fsp3) is 0.615. The molecule has 3 heteroatoms. The zero-order valence-electron chi connectivity index (χ0n) is 9.86. The topological polar surface area (TPSA) is 48.1 Å². The van der Waals surface area contributed by atoms with Crippen LogP contribution < -0.4 is 5.73 Å². The molecule has 0 radical (unpaired) electrons. The van der Waals surface area contributed by atoms with Crippen LogP contribution in [0, 0.1) is 5.92 Å². The summed E-state index contributed by atoms with van der Waals surface area (Å²) in [6.07, 6.45) is 5.51. The molecule has 2 N–H and O–H groups in total. The maximum atomic E-state index is 5.92. The number of hydrogen-bond acceptors (Lipinski definition) is 3. The molecule has 0 amide bonds. The summed E-state index contributed by atoms with van der Waals surface area (Å²) in [6.45, 7) is 2.86. The van der Waals surface area contributed by atoms with Crippen LogP contribution in [-0.4, -0.2) is 11.1 Å². The summed E-state index contributed by atoms with van der Waals surface area (Å²) in [4.78, 5) is 4.24. The van der Waals surface area contributed by atoms with Crippen molar-refractivity contribution in [2.45, 2.75) is 45.3 Å². The second-order valence-corrected chi connectivity index (χ2v) is 4.66. The predicted molar refractivity (Wildman–Crippen MR) is 64.9 cm³/mol. The number of aromatic nitrogens is 1. The minimum Gasteiger partial charge on any atom is -0.384 e. The molecule has 1 aliphatic rings. The number of hydrogen-bond donors (Lipinski definition) is 1. The van der Waals surface area contributed by atoms with Gasteiger partial charge in [0.05, 0.1) is 18.4 Å². The van der Waals surface area contributed by atoms with E-state index in [4.69, 9.17) is 10.5 Å². The lowest BCUT2D eigenvalue weighted by Crippen LogP contribution is -2.25. The molecule has 0 aliphatic heterocycles. The fourth-order valence-electron chi connectivity index (χ4n) is 2.30. The molecule has 1 aromatic heterocycles. The Kier molecular flexibility index (Phi) is 3.78. The van der Waals surface area contributed by atoms with E-state index in [-0.39, 0.29) is 0 Å². The Hall–Kier alpha value is -1.09. The van der Waals surface area contributed by atoms with Gasteiger partial charge in [0.25, 0.3) is 0 Å². The highest BCUT2D eigenvalue weighted by molar-refractivity contribution is 5.28. The van der Waals surface area contributed by atoms with E-state index in [1.165, 1.54) is 25.7 Å². The third-order valence-corrected chi connectivity index (χ3v) is 3.31. The first-order valence-electron chi connectivity index (χ1n) is 6.09.